The normalized spacial score (nSPS) is 10.3. The van der Waals surface area contributed by atoms with Gasteiger partial charge in [-0.05, 0) is 23.8 Å². The summed E-state index contributed by atoms with van der Waals surface area (Å²) >= 11 is 1.70. The van der Waals surface area contributed by atoms with Crippen molar-refractivity contribution in [2.45, 2.75) is 11.5 Å². The standard InChI is InChI=1S/C14H14O3S/c1-16-14(15)13-7-3-2-5-11(13)9-18-10-12-6-4-8-17-12/h2-8H,9-10H2,1H3. The minimum Gasteiger partial charge on any atom is -0.468 e. The van der Waals surface area contributed by atoms with Crippen LogP contribution >= 0.6 is 11.8 Å². The number of furan rings is 1. The molecule has 0 unspecified atom stereocenters. The molecule has 0 radical (unpaired) electrons. The van der Waals surface area contributed by atoms with Gasteiger partial charge in [-0.3, -0.25) is 0 Å². The van der Waals surface area contributed by atoms with Crippen LogP contribution in [0.4, 0.5) is 0 Å². The molecule has 0 atom stereocenters. The smallest absolute Gasteiger partial charge is 0.338 e. The maximum absolute atomic E-state index is 11.6. The number of rotatable bonds is 5. The van der Waals surface area contributed by atoms with Gasteiger partial charge in [0.05, 0.1) is 24.7 Å². The third-order valence-electron chi connectivity index (χ3n) is 2.50. The van der Waals surface area contributed by atoms with Gasteiger partial charge in [0.1, 0.15) is 5.76 Å². The maximum atomic E-state index is 11.6. The average Bonchev–Trinajstić information content (AvgIpc) is 2.92. The first-order valence-corrected chi connectivity index (χ1v) is 6.73. The van der Waals surface area contributed by atoms with E-state index in [0.717, 1.165) is 22.8 Å². The molecule has 1 aromatic carbocycles. The van der Waals surface area contributed by atoms with Crippen molar-refractivity contribution in [1.29, 1.82) is 0 Å². The summed E-state index contributed by atoms with van der Waals surface area (Å²) < 4.78 is 10.0. The molecule has 0 saturated carbocycles. The molecule has 18 heavy (non-hydrogen) atoms. The van der Waals surface area contributed by atoms with E-state index in [4.69, 9.17) is 9.15 Å². The molecule has 0 bridgehead atoms. The second-order valence-electron chi connectivity index (χ2n) is 3.72. The molecule has 94 valence electrons. The summed E-state index contributed by atoms with van der Waals surface area (Å²) in [6, 6.07) is 11.3. The van der Waals surface area contributed by atoms with Crippen LogP contribution in [-0.4, -0.2) is 13.1 Å². The van der Waals surface area contributed by atoms with Crippen molar-refractivity contribution in [3.8, 4) is 0 Å². The Kier molecular flexibility index (Phi) is 4.47. The van der Waals surface area contributed by atoms with Crippen molar-refractivity contribution in [3.05, 3.63) is 59.5 Å². The Morgan fingerprint density at radius 1 is 1.22 bits per heavy atom. The summed E-state index contributed by atoms with van der Waals surface area (Å²) in [6.45, 7) is 0. The number of ether oxygens (including phenoxy) is 1. The van der Waals surface area contributed by atoms with E-state index < -0.39 is 0 Å². The van der Waals surface area contributed by atoms with Crippen molar-refractivity contribution in [2.75, 3.05) is 7.11 Å². The van der Waals surface area contributed by atoms with Gasteiger partial charge in [0.25, 0.3) is 0 Å². The van der Waals surface area contributed by atoms with Crippen molar-refractivity contribution < 1.29 is 13.9 Å². The van der Waals surface area contributed by atoms with Gasteiger partial charge in [-0.15, -0.1) is 11.8 Å². The number of carbonyl (C=O) groups is 1. The first kappa shape index (κ1) is 12.8. The monoisotopic (exact) mass is 262 g/mol. The lowest BCUT2D eigenvalue weighted by Gasteiger charge is -2.06. The molecule has 0 aliphatic heterocycles. The van der Waals surface area contributed by atoms with Crippen molar-refractivity contribution in [2.24, 2.45) is 0 Å². The number of benzene rings is 1. The van der Waals surface area contributed by atoms with Crippen LogP contribution in [0.25, 0.3) is 0 Å². The minimum atomic E-state index is -0.288. The van der Waals surface area contributed by atoms with Crippen LogP contribution in [-0.2, 0) is 16.2 Å². The van der Waals surface area contributed by atoms with Gasteiger partial charge in [0, 0.05) is 5.75 Å². The summed E-state index contributed by atoms with van der Waals surface area (Å²) in [4.78, 5) is 11.6. The molecule has 1 heterocycles. The largest absolute Gasteiger partial charge is 0.468 e. The zero-order chi connectivity index (χ0) is 12.8. The number of thioether (sulfide) groups is 1. The molecule has 0 saturated heterocycles. The van der Waals surface area contributed by atoms with E-state index in [1.165, 1.54) is 7.11 Å². The molecule has 0 amide bonds. The number of esters is 1. The Morgan fingerprint density at radius 2 is 2.06 bits per heavy atom. The Balaban J connectivity index is 1.98. The number of hydrogen-bond acceptors (Lipinski definition) is 4. The van der Waals surface area contributed by atoms with E-state index in [2.05, 4.69) is 0 Å². The van der Waals surface area contributed by atoms with E-state index in [1.54, 1.807) is 24.1 Å². The quantitative estimate of drug-likeness (QED) is 0.773. The van der Waals surface area contributed by atoms with Gasteiger partial charge in [-0.1, -0.05) is 18.2 Å². The first-order valence-electron chi connectivity index (χ1n) is 5.57. The summed E-state index contributed by atoms with van der Waals surface area (Å²) in [5.41, 5.74) is 1.62. The van der Waals surface area contributed by atoms with Crippen molar-refractivity contribution in [3.63, 3.8) is 0 Å². The third kappa shape index (κ3) is 3.17. The molecular formula is C14H14O3S. The fourth-order valence-corrected chi connectivity index (χ4v) is 2.55. The SMILES string of the molecule is COC(=O)c1ccccc1CSCc1ccco1. The molecule has 2 aromatic rings. The van der Waals surface area contributed by atoms with Crippen molar-refractivity contribution in [1.82, 2.24) is 0 Å². The second kappa shape index (κ2) is 6.31. The Morgan fingerprint density at radius 3 is 2.78 bits per heavy atom. The number of hydrogen-bond donors (Lipinski definition) is 0. The van der Waals surface area contributed by atoms with E-state index in [1.807, 2.05) is 30.3 Å². The lowest BCUT2D eigenvalue weighted by atomic mass is 10.1. The van der Waals surface area contributed by atoms with Gasteiger partial charge in [0.15, 0.2) is 0 Å². The molecule has 0 spiro atoms. The predicted octanol–water partition coefficient (Wildman–Crippen LogP) is 3.50. The average molecular weight is 262 g/mol. The Labute approximate surface area is 110 Å². The van der Waals surface area contributed by atoms with Crippen molar-refractivity contribution >= 4 is 17.7 Å². The van der Waals surface area contributed by atoms with Crippen LogP contribution in [0, 0.1) is 0 Å². The molecule has 1 aromatic heterocycles. The maximum Gasteiger partial charge on any atom is 0.338 e. The highest BCUT2D eigenvalue weighted by Crippen LogP contribution is 2.21. The van der Waals surface area contributed by atoms with Gasteiger partial charge >= 0.3 is 5.97 Å². The predicted molar refractivity (Wildman–Crippen MR) is 71.5 cm³/mol. The fourth-order valence-electron chi connectivity index (χ4n) is 1.61. The van der Waals surface area contributed by atoms with Crippen LogP contribution in [0.1, 0.15) is 21.7 Å². The van der Waals surface area contributed by atoms with E-state index in [0.29, 0.717) is 5.56 Å². The first-order chi connectivity index (χ1) is 8.81. The van der Waals surface area contributed by atoms with Crippen LogP contribution < -0.4 is 0 Å². The topological polar surface area (TPSA) is 39.4 Å². The molecular weight excluding hydrogens is 248 g/mol. The van der Waals surface area contributed by atoms with Gasteiger partial charge < -0.3 is 9.15 Å². The summed E-state index contributed by atoms with van der Waals surface area (Å²) in [5, 5.41) is 0. The Hall–Kier alpha value is -1.68. The van der Waals surface area contributed by atoms with Gasteiger partial charge in [-0.2, -0.15) is 0 Å². The minimum absolute atomic E-state index is 0.288. The molecule has 2 rings (SSSR count). The van der Waals surface area contributed by atoms with Crippen LogP contribution in [0.5, 0.6) is 0 Å². The van der Waals surface area contributed by atoms with Gasteiger partial charge in [0.2, 0.25) is 0 Å². The highest BCUT2D eigenvalue weighted by molar-refractivity contribution is 7.97. The summed E-state index contributed by atoms with van der Waals surface area (Å²) in [5.74, 6) is 2.20. The van der Waals surface area contributed by atoms with Gasteiger partial charge in [-0.25, -0.2) is 4.79 Å². The molecule has 0 aliphatic rings. The highest BCUT2D eigenvalue weighted by atomic mass is 32.2. The molecule has 3 nitrogen and oxygen atoms in total. The van der Waals surface area contributed by atoms with E-state index in [9.17, 15) is 4.79 Å². The molecule has 4 heteroatoms. The van der Waals surface area contributed by atoms with Crippen LogP contribution in [0.15, 0.2) is 47.1 Å². The lowest BCUT2D eigenvalue weighted by molar-refractivity contribution is 0.0600. The Bertz CT molecular complexity index is 506. The third-order valence-corrected chi connectivity index (χ3v) is 3.51. The van der Waals surface area contributed by atoms with E-state index >= 15 is 0 Å². The lowest BCUT2D eigenvalue weighted by Crippen LogP contribution is -2.04. The number of methoxy groups -OCH3 is 1. The zero-order valence-electron chi connectivity index (χ0n) is 10.1. The molecule has 0 aliphatic carbocycles. The van der Waals surface area contributed by atoms with Crippen LogP contribution in [0.3, 0.4) is 0 Å². The molecule has 0 fully saturated rings. The second-order valence-corrected chi connectivity index (χ2v) is 4.71. The fraction of sp³-hybridized carbons (Fsp3) is 0.214. The number of carbonyl (C=O) groups excluding carboxylic acids is 1. The molecule has 0 N–H and O–H groups in total. The van der Waals surface area contributed by atoms with E-state index in [-0.39, 0.29) is 5.97 Å². The zero-order valence-corrected chi connectivity index (χ0v) is 10.9. The van der Waals surface area contributed by atoms with Crippen LogP contribution in [0.2, 0.25) is 0 Å². The summed E-state index contributed by atoms with van der Waals surface area (Å²) in [7, 11) is 1.40. The highest BCUT2D eigenvalue weighted by Gasteiger charge is 2.10. The summed E-state index contributed by atoms with van der Waals surface area (Å²) in [6.07, 6.45) is 1.66.